The number of aromatic nitrogens is 4. The molecule has 4 amide bonds. The molecule has 0 fully saturated rings. The molecule has 4 aliphatic heterocycles. The van der Waals surface area contributed by atoms with Crippen LogP contribution in [0.1, 0.15) is 98.2 Å². The maximum atomic E-state index is 14.0. The molecule has 77 heavy (non-hydrogen) atoms. The Labute approximate surface area is 442 Å². The molecular formula is C61H49N8O8+3. The maximum Gasteiger partial charge on any atom is 0.327 e. The molecule has 0 unspecified atom stereocenters. The van der Waals surface area contributed by atoms with Crippen molar-refractivity contribution < 1.29 is 52.1 Å². The van der Waals surface area contributed by atoms with Crippen molar-refractivity contribution in [3.8, 4) is 0 Å². The topological polar surface area (TPSA) is 174 Å². The predicted octanol–water partition coefficient (Wildman–Crippen LogP) is 7.71. The molecule has 0 bridgehead atoms. The Morgan fingerprint density at radius 3 is 0.870 bits per heavy atom. The van der Waals surface area contributed by atoms with Crippen LogP contribution in [-0.2, 0) is 21.1 Å². The SMILES string of the molecule is C.C.C[n+]1ccccc1C(=O)N1/C(=C2\C(=O)c3ccccc3N2C(=O)c2cccc[n+]2C)C(=O)c2ccccc21.C[n+]1ccccc1C(=O)N1/C(=C2\C(=O)c3ccccc3N2C(=O)c2ccccn2)C(=O)c2ccccc21. The summed E-state index contributed by atoms with van der Waals surface area (Å²) in [6.45, 7) is 0. The third-order valence-electron chi connectivity index (χ3n) is 13.3. The zero-order valence-electron chi connectivity index (χ0n) is 40.3. The van der Waals surface area contributed by atoms with Gasteiger partial charge < -0.3 is 0 Å². The second-order valence-electron chi connectivity index (χ2n) is 17.6. The van der Waals surface area contributed by atoms with Crippen LogP contribution in [0.25, 0.3) is 0 Å². The zero-order valence-corrected chi connectivity index (χ0v) is 40.3. The molecule has 0 spiro atoms. The van der Waals surface area contributed by atoms with Crippen LogP contribution in [0.4, 0.5) is 22.7 Å². The average molecular weight is 1020 g/mol. The number of para-hydroxylation sites is 4. The lowest BCUT2D eigenvalue weighted by Gasteiger charge is -2.23. The number of fused-ring (bicyclic) bond motifs is 4. The van der Waals surface area contributed by atoms with Crippen molar-refractivity contribution >= 4 is 69.5 Å². The van der Waals surface area contributed by atoms with Gasteiger partial charge in [-0.15, -0.1) is 0 Å². The molecule has 4 aromatic carbocycles. The second-order valence-corrected chi connectivity index (χ2v) is 17.6. The van der Waals surface area contributed by atoms with Crippen LogP contribution in [-0.4, -0.2) is 51.7 Å². The molecule has 378 valence electrons. The molecule has 8 heterocycles. The number of carbonyl (C=O) groups excluding carboxylic acids is 8. The van der Waals surface area contributed by atoms with Gasteiger partial charge in [0.15, 0.2) is 18.6 Å². The number of ketones is 4. The van der Waals surface area contributed by atoms with Gasteiger partial charge in [0.25, 0.3) is 23.0 Å². The summed E-state index contributed by atoms with van der Waals surface area (Å²) in [5.74, 6) is -4.10. The van der Waals surface area contributed by atoms with E-state index < -0.39 is 46.8 Å². The Hall–Kier alpha value is -10.5. The van der Waals surface area contributed by atoms with Crippen molar-refractivity contribution in [1.82, 2.24) is 4.98 Å². The lowest BCUT2D eigenvalue weighted by atomic mass is 10.1. The molecule has 0 radical (unpaired) electrons. The average Bonchev–Trinajstić information content (AvgIpc) is 4.14. The number of benzene rings is 4. The Balaban J connectivity index is 0.000000183. The van der Waals surface area contributed by atoms with Crippen molar-refractivity contribution in [2.75, 3.05) is 19.6 Å². The minimum atomic E-state index is -0.581. The van der Waals surface area contributed by atoms with E-state index >= 15 is 0 Å². The number of carbonyl (C=O) groups is 8. The monoisotopic (exact) mass is 1020 g/mol. The number of amides is 4. The van der Waals surface area contributed by atoms with Crippen LogP contribution in [0.5, 0.6) is 0 Å². The van der Waals surface area contributed by atoms with Gasteiger partial charge >= 0.3 is 17.7 Å². The fraction of sp³-hybridized carbons (Fsp3) is 0.0820. The molecule has 0 saturated heterocycles. The van der Waals surface area contributed by atoms with Crippen molar-refractivity contribution in [2.24, 2.45) is 21.1 Å². The van der Waals surface area contributed by atoms with E-state index in [1.807, 2.05) is 0 Å². The van der Waals surface area contributed by atoms with E-state index in [9.17, 15) is 38.4 Å². The number of rotatable bonds is 4. The van der Waals surface area contributed by atoms with Crippen LogP contribution in [0.3, 0.4) is 0 Å². The highest BCUT2D eigenvalue weighted by atomic mass is 16.2. The smallest absolute Gasteiger partial charge is 0.287 e. The molecule has 0 atom stereocenters. The molecule has 0 saturated carbocycles. The van der Waals surface area contributed by atoms with Crippen molar-refractivity contribution in [2.45, 2.75) is 14.9 Å². The standard InChI is InChI=1S/C30H22N4O4.C29H19N4O4.2CH4/c1-31-17-9-7-15-23(31)29(37)33-21-13-5-3-11-19(21)27(35)25(33)26-28(36)20-12-4-6-14-22(20)34(26)30(38)24-16-8-10-18-32(24)2;1-31-17-9-7-15-23(31)29(37)33-22-14-5-3-11-19(22)27(35)25(33)24-26(34)18-10-2-4-13-21(18)32(24)28(36)20-12-6-8-16-30-20;;/h3-18H,1-2H3;2-17H,1H3;2*1H4/q+2;+1;;/b26-25+;25-24+;;. The van der Waals surface area contributed by atoms with Gasteiger partial charge in [-0.3, -0.25) is 62.9 Å². The lowest BCUT2D eigenvalue weighted by Crippen LogP contribution is -2.45. The van der Waals surface area contributed by atoms with E-state index in [1.165, 1.54) is 31.9 Å². The molecular weight excluding hydrogens is 973 g/mol. The van der Waals surface area contributed by atoms with Crippen LogP contribution in [0.2, 0.25) is 0 Å². The Morgan fingerprint density at radius 1 is 0.338 bits per heavy atom. The lowest BCUT2D eigenvalue weighted by molar-refractivity contribution is -0.673. The van der Waals surface area contributed by atoms with Crippen LogP contribution < -0.4 is 33.3 Å². The first-order chi connectivity index (χ1) is 36.4. The normalized spacial score (nSPS) is 15.7. The van der Waals surface area contributed by atoms with Gasteiger partial charge in [-0.05, 0) is 78.9 Å². The summed E-state index contributed by atoms with van der Waals surface area (Å²) in [4.78, 5) is 120. The summed E-state index contributed by atoms with van der Waals surface area (Å²) in [6.07, 6.45) is 6.65. The number of anilines is 4. The molecule has 16 nitrogen and oxygen atoms in total. The second kappa shape index (κ2) is 20.4. The van der Waals surface area contributed by atoms with Crippen LogP contribution in [0, 0.1) is 0 Å². The highest BCUT2D eigenvalue weighted by Crippen LogP contribution is 2.45. The van der Waals surface area contributed by atoms with E-state index in [2.05, 4.69) is 4.98 Å². The van der Waals surface area contributed by atoms with Gasteiger partial charge in [0.1, 0.15) is 49.6 Å². The molecule has 0 aliphatic carbocycles. The minimum Gasteiger partial charge on any atom is -0.287 e. The summed E-state index contributed by atoms with van der Waals surface area (Å²) in [7, 11) is 5.18. The van der Waals surface area contributed by atoms with Gasteiger partial charge in [0.05, 0.1) is 22.7 Å². The van der Waals surface area contributed by atoms with E-state index in [0.29, 0.717) is 39.8 Å². The van der Waals surface area contributed by atoms with E-state index in [1.54, 1.807) is 217 Å². The number of nitrogens with zero attached hydrogens (tertiary/aromatic N) is 8. The number of hydrogen-bond acceptors (Lipinski definition) is 9. The first-order valence-electron chi connectivity index (χ1n) is 23.5. The third kappa shape index (κ3) is 8.30. The molecule has 0 N–H and O–H groups in total. The summed E-state index contributed by atoms with van der Waals surface area (Å²) in [6, 6.07) is 47.0. The first kappa shape index (κ1) is 51.4. The van der Waals surface area contributed by atoms with Crippen molar-refractivity contribution in [3.05, 3.63) is 262 Å². The minimum absolute atomic E-state index is 0. The van der Waals surface area contributed by atoms with Crippen LogP contribution >= 0.6 is 0 Å². The molecule has 12 rings (SSSR count). The number of aryl methyl sites for hydroxylation is 3. The fourth-order valence-corrected chi connectivity index (χ4v) is 9.72. The fourth-order valence-electron chi connectivity index (χ4n) is 9.72. The van der Waals surface area contributed by atoms with E-state index in [4.69, 9.17) is 0 Å². The van der Waals surface area contributed by atoms with Crippen molar-refractivity contribution in [1.29, 1.82) is 0 Å². The summed E-state index contributed by atoms with van der Waals surface area (Å²) >= 11 is 0. The van der Waals surface area contributed by atoms with Gasteiger partial charge in [-0.1, -0.05) is 69.5 Å². The first-order valence-corrected chi connectivity index (χ1v) is 23.5. The summed E-state index contributed by atoms with van der Waals surface area (Å²) in [5.41, 5.74) is 2.86. The van der Waals surface area contributed by atoms with Gasteiger partial charge in [-0.25, -0.2) is 0 Å². The predicted molar refractivity (Wildman–Crippen MR) is 285 cm³/mol. The highest BCUT2D eigenvalue weighted by Gasteiger charge is 2.50. The van der Waals surface area contributed by atoms with Gasteiger partial charge in [-0.2, -0.15) is 13.7 Å². The van der Waals surface area contributed by atoms with Gasteiger partial charge in [0, 0.05) is 64.8 Å². The number of Topliss-reactive ketones (excluding diaryl/α,β-unsaturated/α-hetero) is 4. The highest BCUT2D eigenvalue weighted by molar-refractivity contribution is 6.37. The van der Waals surface area contributed by atoms with Crippen molar-refractivity contribution in [3.63, 3.8) is 0 Å². The Bertz CT molecular complexity index is 3800. The molecule has 8 aromatic rings. The molecule has 4 aromatic heterocycles. The third-order valence-corrected chi connectivity index (χ3v) is 13.3. The zero-order chi connectivity index (χ0) is 52.2. The van der Waals surface area contributed by atoms with Crippen LogP contribution in [0.15, 0.2) is 217 Å². The number of allylic oxidation sites excluding steroid dienone is 4. The van der Waals surface area contributed by atoms with E-state index in [0.717, 1.165) is 0 Å². The maximum absolute atomic E-state index is 14.0. The Kier molecular flexibility index (Phi) is 13.6. The largest absolute Gasteiger partial charge is 0.327 e. The number of pyridine rings is 4. The molecule has 4 aliphatic rings. The van der Waals surface area contributed by atoms with E-state index in [-0.39, 0.29) is 65.6 Å². The number of hydrogen-bond donors (Lipinski definition) is 0. The summed E-state index contributed by atoms with van der Waals surface area (Å²) in [5, 5.41) is 0. The quantitative estimate of drug-likeness (QED) is 0.126. The van der Waals surface area contributed by atoms with Gasteiger partial charge in [0.2, 0.25) is 23.1 Å². The molecule has 16 heteroatoms. The summed E-state index contributed by atoms with van der Waals surface area (Å²) < 4.78 is 4.93. The Morgan fingerprint density at radius 2 is 0.597 bits per heavy atom.